The number of fused-ring (bicyclic) bond motifs is 1. The lowest BCUT2D eigenvalue weighted by atomic mass is 9.85. The summed E-state index contributed by atoms with van der Waals surface area (Å²) in [7, 11) is -3.92. The Morgan fingerprint density at radius 3 is 2.51 bits per heavy atom. The largest absolute Gasteiger partial charge is 0.481 e. The first-order chi connectivity index (χ1) is 17.8. The summed E-state index contributed by atoms with van der Waals surface area (Å²) in [5.74, 6) is -0.990. The topological polar surface area (TPSA) is 128 Å². The molecule has 1 saturated heterocycles. The second-order valence-electron chi connectivity index (χ2n) is 9.49. The molecule has 1 fully saturated rings. The van der Waals surface area contributed by atoms with E-state index in [0.29, 0.717) is 28.4 Å². The summed E-state index contributed by atoms with van der Waals surface area (Å²) in [5.41, 5.74) is 4.33. The number of H-pyrrole nitrogens is 1. The first kappa shape index (κ1) is 25.0. The average molecular weight is 520 g/mol. The van der Waals surface area contributed by atoms with Crippen LogP contribution in [0, 0.1) is 6.92 Å². The predicted molar refractivity (Wildman–Crippen MR) is 141 cm³/mol. The molecule has 3 heterocycles. The summed E-state index contributed by atoms with van der Waals surface area (Å²) in [6.07, 6.45) is 3.37. The Morgan fingerprint density at radius 2 is 1.81 bits per heavy atom. The fourth-order valence-electron chi connectivity index (χ4n) is 5.40. The van der Waals surface area contributed by atoms with Crippen LogP contribution in [0.3, 0.4) is 0 Å². The van der Waals surface area contributed by atoms with E-state index in [0.717, 1.165) is 42.7 Å². The predicted octanol–water partition coefficient (Wildman–Crippen LogP) is 4.13. The van der Waals surface area contributed by atoms with Crippen LogP contribution < -0.4 is 10.6 Å². The van der Waals surface area contributed by atoms with E-state index in [4.69, 9.17) is 0 Å². The molecular weight excluding hydrogens is 490 g/mol. The van der Waals surface area contributed by atoms with Crippen LogP contribution in [0.2, 0.25) is 0 Å². The Hall–Kier alpha value is -3.69. The fraction of sp³-hybridized carbons (Fsp3) is 0.286. The number of benzene rings is 2. The van der Waals surface area contributed by atoms with Crippen molar-refractivity contribution in [3.63, 3.8) is 0 Å². The van der Waals surface area contributed by atoms with E-state index < -0.39 is 15.8 Å². The molecule has 1 amide bonds. The molecule has 0 aliphatic carbocycles. The summed E-state index contributed by atoms with van der Waals surface area (Å²) < 4.78 is 27.2. The number of amides is 1. The molecule has 0 bridgehead atoms. The molecule has 4 N–H and O–H groups in total. The molecule has 8 nitrogen and oxygen atoms in total. The number of carbonyl (C=O) groups excluding carboxylic acids is 1. The second-order valence-corrected chi connectivity index (χ2v) is 11.4. The summed E-state index contributed by atoms with van der Waals surface area (Å²) >= 11 is 0. The van der Waals surface area contributed by atoms with Gasteiger partial charge in [-0.2, -0.15) is 0 Å². The van der Waals surface area contributed by atoms with Gasteiger partial charge < -0.3 is 20.7 Å². The number of hydrogen-bond acceptors (Lipinski definition) is 5. The van der Waals surface area contributed by atoms with E-state index in [2.05, 4.69) is 21.7 Å². The molecule has 9 heteroatoms. The van der Waals surface area contributed by atoms with Gasteiger partial charge in [0.15, 0.2) is 0 Å². The Balaban J connectivity index is 1.66. The summed E-state index contributed by atoms with van der Waals surface area (Å²) in [4.78, 5) is 27.9. The Labute approximate surface area is 215 Å². The fourth-order valence-corrected chi connectivity index (χ4v) is 7.14. The first-order valence-electron chi connectivity index (χ1n) is 12.4. The first-order valence-corrected chi connectivity index (χ1v) is 13.9. The summed E-state index contributed by atoms with van der Waals surface area (Å²) in [6, 6.07) is 13.9. The number of sulfone groups is 1. The molecule has 192 valence electrons. The van der Waals surface area contributed by atoms with Crippen LogP contribution in [-0.4, -0.2) is 43.5 Å². The number of carboxylic acid groups (broad SMARTS) is 1. The number of aromatic amines is 1. The highest BCUT2D eigenvalue weighted by molar-refractivity contribution is 7.91. The van der Waals surface area contributed by atoms with Crippen molar-refractivity contribution >= 4 is 39.1 Å². The number of aryl methyl sites for hydroxylation is 1. The average Bonchev–Trinajstić information content (AvgIpc) is 3.39. The summed E-state index contributed by atoms with van der Waals surface area (Å²) in [5, 5.41) is 15.7. The lowest BCUT2D eigenvalue weighted by molar-refractivity contribution is -0.137. The quantitative estimate of drug-likeness (QED) is 0.348. The van der Waals surface area contributed by atoms with Crippen LogP contribution in [0.4, 0.5) is 5.69 Å². The lowest BCUT2D eigenvalue weighted by Crippen LogP contribution is -2.27. The normalized spacial score (nSPS) is 17.1. The van der Waals surface area contributed by atoms with E-state index >= 15 is 0 Å². The van der Waals surface area contributed by atoms with Gasteiger partial charge in [-0.05, 0) is 80.6 Å². The van der Waals surface area contributed by atoms with Crippen molar-refractivity contribution < 1.29 is 23.1 Å². The van der Waals surface area contributed by atoms with Crippen LogP contribution in [-0.2, 0) is 25.8 Å². The minimum atomic E-state index is -3.92. The molecule has 0 unspecified atom stereocenters. The van der Waals surface area contributed by atoms with Gasteiger partial charge in [-0.15, -0.1) is 0 Å². The second kappa shape index (κ2) is 9.99. The van der Waals surface area contributed by atoms with Crippen molar-refractivity contribution in [2.75, 3.05) is 18.4 Å². The number of carboxylic acids is 1. The van der Waals surface area contributed by atoms with Crippen LogP contribution in [0.5, 0.6) is 0 Å². The van der Waals surface area contributed by atoms with Gasteiger partial charge in [0.1, 0.15) is 0 Å². The molecule has 2 aliphatic heterocycles. The minimum absolute atomic E-state index is 0.00456. The van der Waals surface area contributed by atoms with Gasteiger partial charge in [-0.25, -0.2) is 8.42 Å². The third-order valence-corrected chi connectivity index (χ3v) is 9.08. The van der Waals surface area contributed by atoms with Gasteiger partial charge in [0, 0.05) is 29.1 Å². The van der Waals surface area contributed by atoms with Gasteiger partial charge in [0.2, 0.25) is 9.84 Å². The van der Waals surface area contributed by atoms with Crippen LogP contribution in [0.1, 0.15) is 53.3 Å². The number of anilines is 1. The van der Waals surface area contributed by atoms with Crippen molar-refractivity contribution in [1.82, 2.24) is 10.3 Å². The molecule has 5 rings (SSSR count). The van der Waals surface area contributed by atoms with Crippen LogP contribution in [0.15, 0.2) is 58.3 Å². The van der Waals surface area contributed by atoms with Gasteiger partial charge in [-0.1, -0.05) is 30.3 Å². The van der Waals surface area contributed by atoms with E-state index in [1.165, 1.54) is 12.1 Å². The smallest absolute Gasteiger partial charge is 0.303 e. The molecule has 2 aromatic carbocycles. The maximum absolute atomic E-state index is 13.6. The highest BCUT2D eigenvalue weighted by Crippen LogP contribution is 2.42. The number of hydrogen-bond donors (Lipinski definition) is 4. The molecule has 3 aromatic rings. The molecule has 0 saturated carbocycles. The maximum atomic E-state index is 13.6. The molecule has 0 atom stereocenters. The van der Waals surface area contributed by atoms with E-state index in [1.807, 2.05) is 12.1 Å². The number of rotatable bonds is 7. The Bertz CT molecular complexity index is 1500. The van der Waals surface area contributed by atoms with Gasteiger partial charge >= 0.3 is 5.97 Å². The molecular formula is C28H29N3O5S. The van der Waals surface area contributed by atoms with Crippen molar-refractivity contribution in [3.05, 3.63) is 76.6 Å². The van der Waals surface area contributed by atoms with E-state index in [9.17, 15) is 23.1 Å². The lowest BCUT2D eigenvalue weighted by Gasteiger charge is -2.25. The number of aliphatic carboxylic acids is 1. The highest BCUT2D eigenvalue weighted by Gasteiger charge is 2.32. The SMILES string of the molecule is Cc1[nH]c(C=C2C(=O)Nc3cccc(C4CCNCC4)c32)c(CCC(=O)O)c1S(=O)(=O)c1ccccc1. The number of aromatic nitrogens is 1. The highest BCUT2D eigenvalue weighted by atomic mass is 32.2. The van der Waals surface area contributed by atoms with Crippen LogP contribution >= 0.6 is 0 Å². The van der Waals surface area contributed by atoms with Crippen molar-refractivity contribution in [3.8, 4) is 0 Å². The van der Waals surface area contributed by atoms with Gasteiger partial charge in [-0.3, -0.25) is 9.59 Å². The van der Waals surface area contributed by atoms with Gasteiger partial charge in [0.05, 0.1) is 15.4 Å². The van der Waals surface area contributed by atoms with Crippen molar-refractivity contribution in [2.45, 2.75) is 48.3 Å². The Kier molecular flexibility index (Phi) is 6.74. The zero-order chi connectivity index (χ0) is 26.2. The third kappa shape index (κ3) is 4.72. The van der Waals surface area contributed by atoms with Gasteiger partial charge in [0.25, 0.3) is 5.91 Å². The molecule has 1 aromatic heterocycles. The number of carbonyl (C=O) groups is 2. The maximum Gasteiger partial charge on any atom is 0.303 e. The molecule has 37 heavy (non-hydrogen) atoms. The number of nitrogens with one attached hydrogen (secondary N) is 3. The number of piperidine rings is 1. The third-order valence-electron chi connectivity index (χ3n) is 7.10. The zero-order valence-electron chi connectivity index (χ0n) is 20.5. The zero-order valence-corrected chi connectivity index (χ0v) is 21.3. The van der Waals surface area contributed by atoms with Crippen LogP contribution in [0.25, 0.3) is 11.6 Å². The van der Waals surface area contributed by atoms with Crippen molar-refractivity contribution in [1.29, 1.82) is 0 Å². The van der Waals surface area contributed by atoms with Crippen molar-refractivity contribution in [2.24, 2.45) is 0 Å². The minimum Gasteiger partial charge on any atom is -0.481 e. The molecule has 0 radical (unpaired) electrons. The van der Waals surface area contributed by atoms with E-state index in [-0.39, 0.29) is 28.5 Å². The Morgan fingerprint density at radius 1 is 1.08 bits per heavy atom. The molecule has 2 aliphatic rings. The standard InChI is InChI=1S/C28H29N3O5S/c1-17-27(37(35,36)19-6-3-2-4-7-19)21(10-11-25(32)33)24(30-17)16-22-26-20(18-12-14-29-15-13-18)8-5-9-23(26)31-28(22)34/h2-9,16,18,29-30H,10-15H2,1H3,(H,31,34)(H,32,33). The molecule has 0 spiro atoms. The summed E-state index contributed by atoms with van der Waals surface area (Å²) in [6.45, 7) is 3.47. The monoisotopic (exact) mass is 519 g/mol. The van der Waals surface area contributed by atoms with E-state index in [1.54, 1.807) is 31.2 Å².